The van der Waals surface area contributed by atoms with E-state index in [0.29, 0.717) is 12.0 Å². The first-order chi connectivity index (χ1) is 6.27. The largest absolute Gasteiger partial charge is 0.381 e. The van der Waals surface area contributed by atoms with Gasteiger partial charge in [-0.15, -0.1) is 0 Å². The molecule has 2 N–H and O–H groups in total. The van der Waals surface area contributed by atoms with Gasteiger partial charge < -0.3 is 15.4 Å². The molecule has 2 aliphatic rings. The van der Waals surface area contributed by atoms with Crippen LogP contribution in [0.2, 0.25) is 0 Å². The number of nitrogens with two attached hydrogens (primary N) is 1. The third-order valence-electron chi connectivity index (χ3n) is 3.24. The van der Waals surface area contributed by atoms with Crippen LogP contribution in [0.5, 0.6) is 0 Å². The molecule has 1 aliphatic heterocycles. The van der Waals surface area contributed by atoms with Gasteiger partial charge in [0.25, 0.3) is 0 Å². The SMILES string of the molecule is CN(CC(N)C1CCOC1)C1CC1. The smallest absolute Gasteiger partial charge is 0.0510 e. The van der Waals surface area contributed by atoms with Crippen LogP contribution in [0.25, 0.3) is 0 Å². The Hall–Kier alpha value is -0.120. The molecule has 76 valence electrons. The highest BCUT2D eigenvalue weighted by Crippen LogP contribution is 2.26. The highest BCUT2D eigenvalue weighted by Gasteiger charge is 2.30. The van der Waals surface area contributed by atoms with Gasteiger partial charge >= 0.3 is 0 Å². The Morgan fingerprint density at radius 2 is 2.23 bits per heavy atom. The highest BCUT2D eigenvalue weighted by molar-refractivity contribution is 4.86. The fourth-order valence-electron chi connectivity index (χ4n) is 2.04. The zero-order chi connectivity index (χ0) is 9.26. The lowest BCUT2D eigenvalue weighted by Gasteiger charge is -2.24. The molecule has 2 unspecified atom stereocenters. The normalized spacial score (nSPS) is 31.2. The molecular weight excluding hydrogens is 164 g/mol. The molecule has 1 heterocycles. The predicted octanol–water partition coefficient (Wildman–Crippen LogP) is 0.444. The second-order valence-electron chi connectivity index (χ2n) is 4.46. The van der Waals surface area contributed by atoms with E-state index in [1.165, 1.54) is 12.8 Å². The van der Waals surface area contributed by atoms with Crippen LogP contribution in [0, 0.1) is 5.92 Å². The summed E-state index contributed by atoms with van der Waals surface area (Å²) >= 11 is 0. The number of ether oxygens (including phenoxy) is 1. The number of likely N-dealkylation sites (N-methyl/N-ethyl adjacent to an activating group) is 1. The zero-order valence-corrected chi connectivity index (χ0v) is 8.41. The Morgan fingerprint density at radius 1 is 1.46 bits per heavy atom. The molecule has 0 aromatic carbocycles. The molecule has 0 amide bonds. The van der Waals surface area contributed by atoms with Gasteiger partial charge in [-0.2, -0.15) is 0 Å². The van der Waals surface area contributed by atoms with E-state index in [1.54, 1.807) is 0 Å². The standard InChI is InChI=1S/C10H20N2O/c1-12(9-2-3-9)6-10(11)8-4-5-13-7-8/h8-10H,2-7,11H2,1H3. The molecule has 0 aromatic heterocycles. The first-order valence-corrected chi connectivity index (χ1v) is 5.31. The fraction of sp³-hybridized carbons (Fsp3) is 1.00. The lowest BCUT2D eigenvalue weighted by Crippen LogP contribution is -2.41. The van der Waals surface area contributed by atoms with Crippen molar-refractivity contribution >= 4 is 0 Å². The Kier molecular flexibility index (Phi) is 2.86. The Morgan fingerprint density at radius 3 is 2.77 bits per heavy atom. The van der Waals surface area contributed by atoms with Gasteiger partial charge in [0.2, 0.25) is 0 Å². The Bertz CT molecular complexity index is 164. The lowest BCUT2D eigenvalue weighted by atomic mass is 9.99. The number of hydrogen-bond donors (Lipinski definition) is 1. The molecule has 2 rings (SSSR count). The molecule has 1 saturated carbocycles. The van der Waals surface area contributed by atoms with E-state index in [-0.39, 0.29) is 0 Å². The van der Waals surface area contributed by atoms with E-state index in [1.807, 2.05) is 0 Å². The van der Waals surface area contributed by atoms with Crippen LogP contribution in [0.3, 0.4) is 0 Å². The monoisotopic (exact) mass is 184 g/mol. The summed E-state index contributed by atoms with van der Waals surface area (Å²) in [5.41, 5.74) is 6.12. The first kappa shape index (κ1) is 9.44. The number of rotatable bonds is 4. The third-order valence-corrected chi connectivity index (χ3v) is 3.24. The highest BCUT2D eigenvalue weighted by atomic mass is 16.5. The van der Waals surface area contributed by atoms with Gasteiger partial charge in [-0.25, -0.2) is 0 Å². The molecule has 1 aliphatic carbocycles. The van der Waals surface area contributed by atoms with Gasteiger partial charge in [0.15, 0.2) is 0 Å². The molecule has 2 atom stereocenters. The van der Waals surface area contributed by atoms with E-state index < -0.39 is 0 Å². The summed E-state index contributed by atoms with van der Waals surface area (Å²) in [4.78, 5) is 2.41. The zero-order valence-electron chi connectivity index (χ0n) is 8.41. The summed E-state index contributed by atoms with van der Waals surface area (Å²) in [5, 5.41) is 0. The average molecular weight is 184 g/mol. The molecule has 0 radical (unpaired) electrons. The van der Waals surface area contributed by atoms with Crippen molar-refractivity contribution in [2.24, 2.45) is 11.7 Å². The summed E-state index contributed by atoms with van der Waals surface area (Å²) in [6.07, 6.45) is 3.88. The van der Waals surface area contributed by atoms with Gasteiger partial charge in [0.05, 0.1) is 6.61 Å². The summed E-state index contributed by atoms with van der Waals surface area (Å²) in [7, 11) is 2.19. The van der Waals surface area contributed by atoms with Crippen LogP contribution in [0.4, 0.5) is 0 Å². The van der Waals surface area contributed by atoms with Crippen LogP contribution in [-0.4, -0.2) is 43.8 Å². The first-order valence-electron chi connectivity index (χ1n) is 5.31. The van der Waals surface area contributed by atoms with E-state index in [4.69, 9.17) is 10.5 Å². The van der Waals surface area contributed by atoms with Crippen molar-refractivity contribution in [1.29, 1.82) is 0 Å². The van der Waals surface area contributed by atoms with Crippen LogP contribution >= 0.6 is 0 Å². The van der Waals surface area contributed by atoms with Crippen LogP contribution in [0.1, 0.15) is 19.3 Å². The fourth-order valence-corrected chi connectivity index (χ4v) is 2.04. The molecule has 2 fully saturated rings. The van der Waals surface area contributed by atoms with Crippen LogP contribution < -0.4 is 5.73 Å². The van der Waals surface area contributed by atoms with E-state index >= 15 is 0 Å². The van der Waals surface area contributed by atoms with Gasteiger partial charge in [-0.05, 0) is 26.3 Å². The maximum Gasteiger partial charge on any atom is 0.0510 e. The Labute approximate surface area is 80.2 Å². The topological polar surface area (TPSA) is 38.5 Å². The summed E-state index contributed by atoms with van der Waals surface area (Å²) < 4.78 is 5.34. The van der Waals surface area contributed by atoms with Crippen molar-refractivity contribution in [3.63, 3.8) is 0 Å². The van der Waals surface area contributed by atoms with Gasteiger partial charge in [0, 0.05) is 31.2 Å². The van der Waals surface area contributed by atoms with E-state index in [2.05, 4.69) is 11.9 Å². The minimum Gasteiger partial charge on any atom is -0.381 e. The van der Waals surface area contributed by atoms with Crippen LogP contribution in [0.15, 0.2) is 0 Å². The maximum atomic E-state index is 6.12. The number of nitrogens with zero attached hydrogens (tertiary/aromatic N) is 1. The van der Waals surface area contributed by atoms with Crippen molar-refractivity contribution in [3.05, 3.63) is 0 Å². The Balaban J connectivity index is 1.72. The molecule has 0 spiro atoms. The molecule has 0 bridgehead atoms. The maximum absolute atomic E-state index is 6.12. The quantitative estimate of drug-likeness (QED) is 0.689. The second-order valence-corrected chi connectivity index (χ2v) is 4.46. The van der Waals surface area contributed by atoms with E-state index in [0.717, 1.165) is 32.2 Å². The molecule has 1 saturated heterocycles. The molecule has 13 heavy (non-hydrogen) atoms. The van der Waals surface area contributed by atoms with Crippen molar-refractivity contribution in [3.8, 4) is 0 Å². The van der Waals surface area contributed by atoms with Gasteiger partial charge in [-0.3, -0.25) is 0 Å². The molecule has 0 aromatic rings. The minimum absolute atomic E-state index is 0.313. The number of hydrogen-bond acceptors (Lipinski definition) is 3. The minimum atomic E-state index is 0.313. The summed E-state index contributed by atoms with van der Waals surface area (Å²) in [5.74, 6) is 0.598. The van der Waals surface area contributed by atoms with Crippen LogP contribution in [-0.2, 0) is 4.74 Å². The summed E-state index contributed by atoms with van der Waals surface area (Å²) in [6.45, 7) is 2.82. The van der Waals surface area contributed by atoms with Crippen molar-refractivity contribution in [2.45, 2.75) is 31.3 Å². The predicted molar refractivity (Wildman–Crippen MR) is 52.6 cm³/mol. The average Bonchev–Trinajstić information content (AvgIpc) is 2.81. The molecular formula is C10H20N2O. The van der Waals surface area contributed by atoms with Crippen molar-refractivity contribution < 1.29 is 4.74 Å². The van der Waals surface area contributed by atoms with Gasteiger partial charge in [-0.1, -0.05) is 0 Å². The van der Waals surface area contributed by atoms with Gasteiger partial charge in [0.1, 0.15) is 0 Å². The molecule has 3 nitrogen and oxygen atoms in total. The summed E-state index contributed by atoms with van der Waals surface area (Å²) in [6, 6.07) is 1.14. The lowest BCUT2D eigenvalue weighted by molar-refractivity contribution is 0.173. The van der Waals surface area contributed by atoms with Crippen molar-refractivity contribution in [2.75, 3.05) is 26.8 Å². The second kappa shape index (κ2) is 3.95. The molecule has 3 heteroatoms. The third kappa shape index (κ3) is 2.42. The van der Waals surface area contributed by atoms with Crippen molar-refractivity contribution in [1.82, 2.24) is 4.90 Å². The van der Waals surface area contributed by atoms with E-state index in [9.17, 15) is 0 Å².